The Labute approximate surface area is 396 Å². The Hall–Kier alpha value is -2.22. The zero-order chi connectivity index (χ0) is 40.1. The fourth-order valence-corrected chi connectivity index (χ4v) is 9.75. The molecule has 60 heavy (non-hydrogen) atoms. The number of hydrogen-bond donors (Lipinski definition) is 0. The maximum atomic E-state index is 3.06. The summed E-state index contributed by atoms with van der Waals surface area (Å²) < 4.78 is 0. The molecule has 0 atom stereocenters. The van der Waals surface area contributed by atoms with Crippen LogP contribution in [0, 0.1) is 25.7 Å². The Balaban J connectivity index is 0.000000373. The van der Waals surface area contributed by atoms with Gasteiger partial charge in [0.2, 0.25) is 0 Å². The molecule has 2 saturated carbocycles. The van der Waals surface area contributed by atoms with E-state index in [2.05, 4.69) is 171 Å². The van der Waals surface area contributed by atoms with Gasteiger partial charge in [-0.05, 0) is 82.4 Å². The van der Waals surface area contributed by atoms with E-state index in [0.29, 0.717) is 10.8 Å². The monoisotopic (exact) mass is 934 g/mol. The normalized spacial score (nSPS) is 15.7. The molecule has 324 valence electrons. The van der Waals surface area contributed by atoms with Gasteiger partial charge in [0, 0.05) is 0 Å². The van der Waals surface area contributed by atoms with Crippen LogP contribution in [0.1, 0.15) is 142 Å². The van der Waals surface area contributed by atoms with Crippen molar-refractivity contribution < 1.29 is 23.3 Å². The van der Waals surface area contributed by atoms with Crippen molar-refractivity contribution in [3.05, 3.63) is 146 Å². The standard InChI is InChI=1S/2C27H33.2CH3.2ClH.Si.Zr/c2*1-26(2,3)23-13-11-21(12-14-23)24-10-8-9-22-17-20(18-25(22)24)19-27(4)15-6-5-7-16-27;;;;;;/h2*8-14,17-18H,5-7,15-16,19H2,1-4H3;2*1H3;2*1H;;/q4*-1;;;;. The molecule has 0 aliphatic heterocycles. The van der Waals surface area contributed by atoms with Crippen molar-refractivity contribution in [2.75, 3.05) is 0 Å². The van der Waals surface area contributed by atoms with Crippen molar-refractivity contribution in [3.63, 3.8) is 0 Å². The van der Waals surface area contributed by atoms with Crippen LogP contribution in [0.15, 0.2) is 109 Å². The summed E-state index contributed by atoms with van der Waals surface area (Å²) in [5, 5.41) is 5.61. The molecule has 6 aromatic carbocycles. The third-order valence-electron chi connectivity index (χ3n) is 13.1. The van der Waals surface area contributed by atoms with Crippen molar-refractivity contribution in [2.24, 2.45) is 10.8 Å². The van der Waals surface area contributed by atoms with Crippen LogP contribution >= 0.6 is 24.8 Å². The van der Waals surface area contributed by atoms with Crippen molar-refractivity contribution >= 4 is 53.2 Å². The van der Waals surface area contributed by atoms with Crippen LogP contribution in [-0.4, -0.2) is 6.88 Å². The van der Waals surface area contributed by atoms with Gasteiger partial charge in [-0.15, -0.1) is 93.9 Å². The molecule has 0 nitrogen and oxygen atoms in total. The van der Waals surface area contributed by atoms with E-state index < -0.39 is 0 Å². The summed E-state index contributed by atoms with van der Waals surface area (Å²) in [6.45, 7) is 21.7. The third kappa shape index (κ3) is 13.4. The van der Waals surface area contributed by atoms with Gasteiger partial charge in [-0.3, -0.25) is 0 Å². The zero-order valence-corrected chi connectivity index (χ0v) is 43.8. The van der Waals surface area contributed by atoms with Gasteiger partial charge >= 0.3 is 30.2 Å². The summed E-state index contributed by atoms with van der Waals surface area (Å²) in [7, 11) is 0. The van der Waals surface area contributed by atoms with Crippen LogP contribution in [0.5, 0.6) is 0 Å². The molecule has 0 aromatic heterocycles. The second-order valence-electron chi connectivity index (χ2n) is 20.1. The molecule has 0 heterocycles. The molecule has 4 heteroatoms. The molecule has 0 bridgehead atoms. The Bertz CT molecular complexity index is 2020. The summed E-state index contributed by atoms with van der Waals surface area (Å²) in [4.78, 5) is 0. The molecule has 2 aliphatic rings. The van der Waals surface area contributed by atoms with Crippen LogP contribution in [0.25, 0.3) is 43.8 Å². The van der Waals surface area contributed by atoms with E-state index in [1.165, 1.54) is 166 Å². The van der Waals surface area contributed by atoms with Crippen LogP contribution in [-0.2, 0) is 47.0 Å². The Kier molecular flexibility index (Phi) is 20.6. The van der Waals surface area contributed by atoms with Crippen molar-refractivity contribution in [1.82, 2.24) is 0 Å². The molecule has 0 N–H and O–H groups in total. The quantitative estimate of drug-likeness (QED) is 0.115. The fraction of sp³-hybridized carbons (Fsp3) is 0.429. The van der Waals surface area contributed by atoms with Gasteiger partial charge in [0.25, 0.3) is 0 Å². The second-order valence-corrected chi connectivity index (χ2v) is 20.1. The average Bonchev–Trinajstić information content (AvgIpc) is 3.78. The first-order valence-corrected chi connectivity index (χ1v) is 25.7. The summed E-state index contributed by atoms with van der Waals surface area (Å²) in [6.07, 6.45) is 16.5. The number of fused-ring (bicyclic) bond motifs is 2. The molecule has 8 rings (SSSR count). The number of rotatable bonds is 6. The SMILES string of the molecule is CC1(Cc2cc3c(-c4ccc(C(C)(C)C)cc4)cccc3[cH-]2)CCCCC1.CC1(Cc2cc3c(-c4ccc(C(C)(C)C)cc4)cccc3[cH-]2)CCCCC1.Cl.Cl.[CH3-].[CH3-].[Si]=[Zr]. The van der Waals surface area contributed by atoms with Gasteiger partial charge in [0.15, 0.2) is 0 Å². The summed E-state index contributed by atoms with van der Waals surface area (Å²) in [5.74, 6) is 0. The number of benzene rings is 4. The van der Waals surface area contributed by atoms with Crippen molar-refractivity contribution in [1.29, 1.82) is 0 Å². The minimum absolute atomic E-state index is 0. The number of halogens is 2. The molecule has 0 unspecified atom stereocenters. The Morgan fingerprint density at radius 1 is 0.500 bits per heavy atom. The fourth-order valence-electron chi connectivity index (χ4n) is 9.75. The molecule has 0 amide bonds. The van der Waals surface area contributed by atoms with E-state index in [1.807, 2.05) is 0 Å². The summed E-state index contributed by atoms with van der Waals surface area (Å²) >= 11 is 1.36. The average molecular weight is 937 g/mol. The van der Waals surface area contributed by atoms with E-state index in [1.54, 1.807) is 0 Å². The van der Waals surface area contributed by atoms with E-state index in [4.69, 9.17) is 0 Å². The van der Waals surface area contributed by atoms with Gasteiger partial charge in [-0.25, -0.2) is 0 Å². The van der Waals surface area contributed by atoms with Gasteiger partial charge < -0.3 is 14.9 Å². The van der Waals surface area contributed by atoms with Gasteiger partial charge in [-0.2, -0.15) is 12.1 Å². The molecule has 0 spiro atoms. The first-order valence-electron chi connectivity index (χ1n) is 21.5. The minimum atomic E-state index is 0. The van der Waals surface area contributed by atoms with E-state index in [-0.39, 0.29) is 50.5 Å². The van der Waals surface area contributed by atoms with E-state index in [9.17, 15) is 0 Å². The van der Waals surface area contributed by atoms with Crippen LogP contribution in [0.2, 0.25) is 0 Å². The first-order chi connectivity index (χ1) is 26.7. The van der Waals surface area contributed by atoms with Crippen molar-refractivity contribution in [3.8, 4) is 22.3 Å². The predicted molar refractivity (Wildman–Crippen MR) is 270 cm³/mol. The van der Waals surface area contributed by atoms with Crippen LogP contribution in [0.3, 0.4) is 0 Å². The third-order valence-corrected chi connectivity index (χ3v) is 13.1. The predicted octanol–water partition coefficient (Wildman–Crippen LogP) is 17.4. The first kappa shape index (κ1) is 53.9. The number of hydrogen-bond acceptors (Lipinski definition) is 0. The molecular formula is C56H74Cl2SiZr-4. The molecule has 2 aliphatic carbocycles. The molecular weight excluding hydrogens is 863 g/mol. The topological polar surface area (TPSA) is 0 Å². The van der Waals surface area contributed by atoms with Crippen molar-refractivity contribution in [2.45, 2.75) is 143 Å². The van der Waals surface area contributed by atoms with Gasteiger partial charge in [0.1, 0.15) is 0 Å². The molecule has 6 aromatic rings. The van der Waals surface area contributed by atoms with Gasteiger partial charge in [0.05, 0.1) is 0 Å². The van der Waals surface area contributed by atoms with Crippen LogP contribution in [0.4, 0.5) is 0 Å². The van der Waals surface area contributed by atoms with E-state index in [0.717, 1.165) is 0 Å². The summed E-state index contributed by atoms with van der Waals surface area (Å²) in [6, 6.07) is 41.7. The van der Waals surface area contributed by atoms with Gasteiger partial charge in [-0.1, -0.05) is 166 Å². The van der Waals surface area contributed by atoms with E-state index >= 15 is 0 Å². The molecule has 2 radical (unpaired) electrons. The summed E-state index contributed by atoms with van der Waals surface area (Å²) in [5.41, 5.74) is 12.6. The zero-order valence-electron chi connectivity index (χ0n) is 38.7. The molecule has 2 fully saturated rings. The second kappa shape index (κ2) is 22.9. The maximum absolute atomic E-state index is 3.06. The Morgan fingerprint density at radius 2 is 0.817 bits per heavy atom. The molecule has 0 saturated heterocycles. The van der Waals surface area contributed by atoms with Crippen LogP contribution < -0.4 is 0 Å². The Morgan fingerprint density at radius 3 is 1.12 bits per heavy atom.